The normalized spacial score (nSPS) is 14.3. The molecule has 3 rings (SSSR count). The summed E-state index contributed by atoms with van der Waals surface area (Å²) in [4.78, 5) is 26.5. The highest BCUT2D eigenvalue weighted by Gasteiger charge is 2.15. The molecule has 5 nitrogen and oxygen atoms in total. The minimum Gasteiger partial charge on any atom is -0.325 e. The Bertz CT molecular complexity index is 710. The van der Waals surface area contributed by atoms with Gasteiger partial charge in [-0.2, -0.15) is 0 Å². The third-order valence-electron chi connectivity index (χ3n) is 4.01. The molecule has 1 aliphatic rings. The molecule has 1 fully saturated rings. The van der Waals surface area contributed by atoms with Gasteiger partial charge < -0.3 is 10.6 Å². The molecular weight excluding hydrogens is 302 g/mol. The standard InChI is InChI=1S/C19H21N3O2/c23-18(14-22-11-4-5-12-22)20-17-10-6-7-15(13-17)19(24)21-16-8-2-1-3-9-16/h1-3,6-10,13H,4-5,11-12,14H2,(H,20,23)(H,21,24). The second kappa shape index (κ2) is 7.75. The van der Waals surface area contributed by atoms with Crippen LogP contribution in [0.25, 0.3) is 0 Å². The number of hydrogen-bond donors (Lipinski definition) is 2. The number of likely N-dealkylation sites (tertiary alicyclic amines) is 1. The molecule has 1 saturated heterocycles. The van der Waals surface area contributed by atoms with E-state index >= 15 is 0 Å². The number of hydrogen-bond acceptors (Lipinski definition) is 3. The number of carbonyl (C=O) groups is 2. The Labute approximate surface area is 141 Å². The van der Waals surface area contributed by atoms with Gasteiger partial charge in [0, 0.05) is 16.9 Å². The molecule has 0 saturated carbocycles. The molecule has 2 N–H and O–H groups in total. The first-order chi connectivity index (χ1) is 11.7. The number of carbonyl (C=O) groups excluding carboxylic acids is 2. The molecule has 0 atom stereocenters. The average molecular weight is 323 g/mol. The number of para-hydroxylation sites is 1. The van der Waals surface area contributed by atoms with Crippen LogP contribution in [0.3, 0.4) is 0 Å². The van der Waals surface area contributed by atoms with Crippen molar-refractivity contribution in [2.75, 3.05) is 30.3 Å². The monoisotopic (exact) mass is 323 g/mol. The molecule has 5 heteroatoms. The SMILES string of the molecule is O=C(CN1CCCC1)Nc1cccc(C(=O)Nc2ccccc2)c1. The fourth-order valence-electron chi connectivity index (χ4n) is 2.81. The van der Waals surface area contributed by atoms with Gasteiger partial charge in [-0.15, -0.1) is 0 Å². The summed E-state index contributed by atoms with van der Waals surface area (Å²) in [5.74, 6) is -0.241. The minimum atomic E-state index is -0.197. The van der Waals surface area contributed by atoms with Crippen LogP contribution in [0.15, 0.2) is 54.6 Å². The molecule has 124 valence electrons. The zero-order chi connectivity index (χ0) is 16.8. The largest absolute Gasteiger partial charge is 0.325 e. The molecule has 0 aromatic heterocycles. The van der Waals surface area contributed by atoms with Crippen LogP contribution >= 0.6 is 0 Å². The first-order valence-electron chi connectivity index (χ1n) is 8.19. The van der Waals surface area contributed by atoms with Crippen molar-refractivity contribution < 1.29 is 9.59 Å². The van der Waals surface area contributed by atoms with Crippen molar-refractivity contribution in [1.82, 2.24) is 4.90 Å². The Morgan fingerprint density at radius 3 is 2.33 bits per heavy atom. The molecule has 2 aromatic rings. The van der Waals surface area contributed by atoms with Gasteiger partial charge in [-0.1, -0.05) is 24.3 Å². The summed E-state index contributed by atoms with van der Waals surface area (Å²) in [7, 11) is 0. The van der Waals surface area contributed by atoms with E-state index in [-0.39, 0.29) is 11.8 Å². The van der Waals surface area contributed by atoms with Crippen LogP contribution in [0.2, 0.25) is 0 Å². The average Bonchev–Trinajstić information content (AvgIpc) is 3.09. The molecule has 1 heterocycles. The van der Waals surface area contributed by atoms with Crippen LogP contribution in [0.4, 0.5) is 11.4 Å². The van der Waals surface area contributed by atoms with E-state index in [1.54, 1.807) is 24.3 Å². The van der Waals surface area contributed by atoms with Crippen LogP contribution in [0.1, 0.15) is 23.2 Å². The van der Waals surface area contributed by atoms with Gasteiger partial charge in [-0.25, -0.2) is 0 Å². The van der Waals surface area contributed by atoms with Gasteiger partial charge in [0.2, 0.25) is 5.91 Å². The maximum absolute atomic E-state index is 12.3. The lowest BCUT2D eigenvalue weighted by Gasteiger charge is -2.14. The summed E-state index contributed by atoms with van der Waals surface area (Å²) in [6, 6.07) is 16.3. The highest BCUT2D eigenvalue weighted by Crippen LogP contribution is 2.14. The van der Waals surface area contributed by atoms with E-state index in [4.69, 9.17) is 0 Å². The molecule has 0 unspecified atom stereocenters. The Kier molecular flexibility index (Phi) is 5.23. The van der Waals surface area contributed by atoms with Crippen molar-refractivity contribution in [2.45, 2.75) is 12.8 Å². The van der Waals surface area contributed by atoms with Crippen LogP contribution in [-0.2, 0) is 4.79 Å². The van der Waals surface area contributed by atoms with Gasteiger partial charge in [-0.05, 0) is 56.3 Å². The number of anilines is 2. The summed E-state index contributed by atoms with van der Waals surface area (Å²) in [5.41, 5.74) is 1.89. The second-order valence-corrected chi connectivity index (χ2v) is 5.93. The molecule has 0 spiro atoms. The van der Waals surface area contributed by atoms with Gasteiger partial charge in [-0.3, -0.25) is 14.5 Å². The van der Waals surface area contributed by atoms with Crippen LogP contribution < -0.4 is 10.6 Å². The van der Waals surface area contributed by atoms with E-state index in [0.717, 1.165) is 31.6 Å². The van der Waals surface area contributed by atoms with Crippen molar-refractivity contribution in [3.63, 3.8) is 0 Å². The third kappa shape index (κ3) is 4.43. The number of amides is 2. The van der Waals surface area contributed by atoms with Gasteiger partial charge in [0.15, 0.2) is 0 Å². The lowest BCUT2D eigenvalue weighted by Crippen LogP contribution is -2.30. The Hall–Kier alpha value is -2.66. The first kappa shape index (κ1) is 16.2. The third-order valence-corrected chi connectivity index (χ3v) is 4.01. The number of nitrogens with zero attached hydrogens (tertiary/aromatic N) is 1. The number of rotatable bonds is 5. The Morgan fingerprint density at radius 2 is 1.58 bits per heavy atom. The van der Waals surface area contributed by atoms with Gasteiger partial charge in [0.1, 0.15) is 0 Å². The molecule has 2 amide bonds. The molecule has 24 heavy (non-hydrogen) atoms. The summed E-state index contributed by atoms with van der Waals surface area (Å²) < 4.78 is 0. The molecule has 2 aromatic carbocycles. The first-order valence-corrected chi connectivity index (χ1v) is 8.19. The molecule has 0 bridgehead atoms. The molecule has 0 aliphatic carbocycles. The van der Waals surface area contributed by atoms with E-state index in [9.17, 15) is 9.59 Å². The van der Waals surface area contributed by atoms with E-state index in [1.807, 2.05) is 30.3 Å². The van der Waals surface area contributed by atoms with Gasteiger partial charge >= 0.3 is 0 Å². The molecule has 0 radical (unpaired) electrons. The lowest BCUT2D eigenvalue weighted by molar-refractivity contribution is -0.117. The Morgan fingerprint density at radius 1 is 0.875 bits per heavy atom. The van der Waals surface area contributed by atoms with Crippen LogP contribution in [-0.4, -0.2) is 36.3 Å². The summed E-state index contributed by atoms with van der Waals surface area (Å²) >= 11 is 0. The highest BCUT2D eigenvalue weighted by atomic mass is 16.2. The van der Waals surface area contributed by atoms with Gasteiger partial charge in [0.05, 0.1) is 6.54 Å². The summed E-state index contributed by atoms with van der Waals surface area (Å²) in [5, 5.41) is 5.70. The second-order valence-electron chi connectivity index (χ2n) is 5.93. The zero-order valence-electron chi connectivity index (χ0n) is 13.5. The fourth-order valence-corrected chi connectivity index (χ4v) is 2.81. The maximum atomic E-state index is 12.3. The van der Waals surface area contributed by atoms with E-state index in [0.29, 0.717) is 17.8 Å². The summed E-state index contributed by atoms with van der Waals surface area (Å²) in [6.07, 6.45) is 2.31. The van der Waals surface area contributed by atoms with Gasteiger partial charge in [0.25, 0.3) is 5.91 Å². The van der Waals surface area contributed by atoms with E-state index < -0.39 is 0 Å². The number of nitrogens with one attached hydrogen (secondary N) is 2. The van der Waals surface area contributed by atoms with E-state index in [2.05, 4.69) is 15.5 Å². The summed E-state index contributed by atoms with van der Waals surface area (Å²) in [6.45, 7) is 2.36. The van der Waals surface area contributed by atoms with Crippen molar-refractivity contribution in [3.8, 4) is 0 Å². The van der Waals surface area contributed by atoms with Crippen molar-refractivity contribution in [3.05, 3.63) is 60.2 Å². The number of benzene rings is 2. The zero-order valence-corrected chi connectivity index (χ0v) is 13.5. The minimum absolute atomic E-state index is 0.0440. The topological polar surface area (TPSA) is 61.4 Å². The van der Waals surface area contributed by atoms with E-state index in [1.165, 1.54) is 0 Å². The highest BCUT2D eigenvalue weighted by molar-refractivity contribution is 6.05. The smallest absolute Gasteiger partial charge is 0.255 e. The Balaban J connectivity index is 1.60. The van der Waals surface area contributed by atoms with Crippen LogP contribution in [0.5, 0.6) is 0 Å². The fraction of sp³-hybridized carbons (Fsp3) is 0.263. The predicted molar refractivity (Wildman–Crippen MR) is 95.1 cm³/mol. The lowest BCUT2D eigenvalue weighted by atomic mass is 10.2. The quantitative estimate of drug-likeness (QED) is 0.889. The van der Waals surface area contributed by atoms with Crippen molar-refractivity contribution in [1.29, 1.82) is 0 Å². The van der Waals surface area contributed by atoms with Crippen molar-refractivity contribution in [2.24, 2.45) is 0 Å². The maximum Gasteiger partial charge on any atom is 0.255 e. The van der Waals surface area contributed by atoms with Crippen LogP contribution in [0, 0.1) is 0 Å². The van der Waals surface area contributed by atoms with Crippen molar-refractivity contribution >= 4 is 23.2 Å². The predicted octanol–water partition coefficient (Wildman–Crippen LogP) is 2.97. The molecular formula is C19H21N3O2. The molecule has 1 aliphatic heterocycles.